The van der Waals surface area contributed by atoms with E-state index in [1.807, 2.05) is 0 Å². The van der Waals surface area contributed by atoms with Gasteiger partial charge in [0, 0.05) is 18.1 Å². The Balaban J connectivity index is 1.86. The molecule has 0 aromatic heterocycles. The molecule has 2 aromatic carbocycles. The number of benzene rings is 2. The van der Waals surface area contributed by atoms with Gasteiger partial charge in [-0.25, -0.2) is 0 Å². The molecule has 0 spiro atoms. The van der Waals surface area contributed by atoms with E-state index in [9.17, 15) is 30.6 Å². The lowest BCUT2D eigenvalue weighted by molar-refractivity contribution is -0.274. The van der Waals surface area contributed by atoms with E-state index in [1.54, 1.807) is 18.2 Å². The van der Waals surface area contributed by atoms with Crippen molar-refractivity contribution in [2.75, 3.05) is 48.3 Å². The highest BCUT2D eigenvalue weighted by Gasteiger charge is 2.44. The normalized spacial score (nSPS) is 28.5. The van der Waals surface area contributed by atoms with Crippen LogP contribution in [0.25, 0.3) is 0 Å². The largest absolute Gasteiger partial charge is 0.502 e. The smallest absolute Gasteiger partial charge is 0.201 e. The Bertz CT molecular complexity index is 1130. The lowest BCUT2D eigenvalue weighted by atomic mass is 9.66. The molecular formula is C27H36O12. The summed E-state index contributed by atoms with van der Waals surface area (Å²) in [4.78, 5) is 0. The molecule has 39 heavy (non-hydrogen) atoms. The summed E-state index contributed by atoms with van der Waals surface area (Å²) in [6.45, 7) is -0.504. The van der Waals surface area contributed by atoms with Gasteiger partial charge in [-0.3, -0.25) is 0 Å². The van der Waals surface area contributed by atoms with Crippen LogP contribution in [-0.4, -0.2) is 104 Å². The maximum atomic E-state index is 11.0. The molecule has 6 N–H and O–H groups in total. The molecular weight excluding hydrogens is 516 g/mol. The van der Waals surface area contributed by atoms with E-state index in [1.165, 1.54) is 28.4 Å². The first-order chi connectivity index (χ1) is 18.7. The number of rotatable bonds is 9. The second-order valence-corrected chi connectivity index (χ2v) is 9.68. The lowest BCUT2D eigenvalue weighted by Gasteiger charge is -2.42. The first-order valence-electron chi connectivity index (χ1n) is 12.5. The molecule has 216 valence electrons. The van der Waals surface area contributed by atoms with Gasteiger partial charge in [-0.15, -0.1) is 0 Å². The van der Waals surface area contributed by atoms with Gasteiger partial charge in [-0.2, -0.15) is 0 Å². The Morgan fingerprint density at radius 3 is 2.03 bits per heavy atom. The SMILES string of the molecule is COc1cc([C@H]2c3c(cc(OC)c(O)c3OC)C[C@H](CO)[C@@H]2CO[C@H]2OC[C@@H](O)[C@@H](O)[C@H]2O)cc(OC)c1O. The van der Waals surface area contributed by atoms with E-state index in [0.717, 1.165) is 5.56 Å². The second kappa shape index (κ2) is 12.0. The first-order valence-corrected chi connectivity index (χ1v) is 12.5. The minimum Gasteiger partial charge on any atom is -0.502 e. The summed E-state index contributed by atoms with van der Waals surface area (Å²) in [6, 6.07) is 4.96. The van der Waals surface area contributed by atoms with E-state index < -0.39 is 36.4 Å². The summed E-state index contributed by atoms with van der Waals surface area (Å²) < 4.78 is 33.2. The third-order valence-corrected chi connectivity index (χ3v) is 7.60. The Labute approximate surface area is 225 Å². The maximum Gasteiger partial charge on any atom is 0.201 e. The Kier molecular flexibility index (Phi) is 8.94. The second-order valence-electron chi connectivity index (χ2n) is 9.68. The van der Waals surface area contributed by atoms with E-state index >= 15 is 0 Å². The molecule has 7 atom stereocenters. The zero-order valence-corrected chi connectivity index (χ0v) is 22.2. The van der Waals surface area contributed by atoms with Gasteiger partial charge in [0.05, 0.1) is 41.7 Å². The number of aliphatic hydroxyl groups is 4. The van der Waals surface area contributed by atoms with Crippen molar-refractivity contribution >= 4 is 0 Å². The molecule has 1 aliphatic heterocycles. The zero-order chi connectivity index (χ0) is 28.4. The van der Waals surface area contributed by atoms with Gasteiger partial charge >= 0.3 is 0 Å². The number of methoxy groups -OCH3 is 4. The maximum absolute atomic E-state index is 11.0. The van der Waals surface area contributed by atoms with Crippen LogP contribution >= 0.6 is 0 Å². The number of ether oxygens (including phenoxy) is 6. The van der Waals surface area contributed by atoms with E-state index in [-0.39, 0.29) is 60.2 Å². The Morgan fingerprint density at radius 1 is 0.846 bits per heavy atom. The third-order valence-electron chi connectivity index (χ3n) is 7.60. The molecule has 1 fully saturated rings. The number of hydrogen-bond donors (Lipinski definition) is 6. The number of aromatic hydroxyl groups is 2. The van der Waals surface area contributed by atoms with E-state index in [0.29, 0.717) is 17.5 Å². The summed E-state index contributed by atoms with van der Waals surface area (Å²) in [6.07, 6.45) is -5.04. The quantitative estimate of drug-likeness (QED) is 0.254. The molecule has 1 saturated heterocycles. The minimum absolute atomic E-state index is 0.0542. The van der Waals surface area contributed by atoms with E-state index in [4.69, 9.17) is 28.4 Å². The number of hydrogen-bond acceptors (Lipinski definition) is 12. The number of aliphatic hydroxyl groups excluding tert-OH is 4. The molecule has 0 radical (unpaired) electrons. The van der Waals surface area contributed by atoms with Crippen molar-refractivity contribution in [1.29, 1.82) is 0 Å². The van der Waals surface area contributed by atoms with Crippen molar-refractivity contribution in [2.24, 2.45) is 11.8 Å². The van der Waals surface area contributed by atoms with Crippen LogP contribution in [0.4, 0.5) is 0 Å². The van der Waals surface area contributed by atoms with Gasteiger partial charge in [0.2, 0.25) is 11.5 Å². The highest BCUT2D eigenvalue weighted by atomic mass is 16.7. The molecule has 2 aromatic rings. The topological polar surface area (TPSA) is 177 Å². The predicted octanol–water partition coefficient (Wildman–Crippen LogP) is 0.500. The van der Waals surface area contributed by atoms with Crippen LogP contribution in [0.15, 0.2) is 18.2 Å². The summed E-state index contributed by atoms with van der Waals surface area (Å²) in [5, 5.41) is 62.3. The van der Waals surface area contributed by atoms with Crippen LogP contribution in [-0.2, 0) is 15.9 Å². The molecule has 4 rings (SSSR count). The first kappa shape index (κ1) is 29.0. The van der Waals surface area contributed by atoms with Crippen molar-refractivity contribution in [1.82, 2.24) is 0 Å². The number of phenols is 2. The monoisotopic (exact) mass is 552 g/mol. The minimum atomic E-state index is -1.49. The van der Waals surface area contributed by atoms with Gasteiger partial charge in [-0.1, -0.05) is 0 Å². The van der Waals surface area contributed by atoms with Crippen LogP contribution in [0.1, 0.15) is 22.6 Å². The summed E-state index contributed by atoms with van der Waals surface area (Å²) in [5.41, 5.74) is 1.99. The number of phenolic OH excluding ortho intramolecular Hbond substituents is 2. The Hall–Kier alpha value is -3.00. The Morgan fingerprint density at radius 2 is 1.46 bits per heavy atom. The zero-order valence-electron chi connectivity index (χ0n) is 22.2. The fourth-order valence-electron chi connectivity index (χ4n) is 5.55. The molecule has 1 heterocycles. The van der Waals surface area contributed by atoms with Gasteiger partial charge in [0.1, 0.15) is 18.3 Å². The molecule has 1 aliphatic carbocycles. The summed E-state index contributed by atoms with van der Waals surface area (Å²) in [5.74, 6) is -1.16. The molecule has 12 nitrogen and oxygen atoms in total. The lowest BCUT2D eigenvalue weighted by Crippen LogP contribution is -2.54. The van der Waals surface area contributed by atoms with Crippen molar-refractivity contribution in [3.63, 3.8) is 0 Å². The van der Waals surface area contributed by atoms with Crippen molar-refractivity contribution in [3.8, 4) is 34.5 Å². The fourth-order valence-corrected chi connectivity index (χ4v) is 5.55. The van der Waals surface area contributed by atoms with Crippen LogP contribution in [0.3, 0.4) is 0 Å². The van der Waals surface area contributed by atoms with Crippen molar-refractivity contribution in [3.05, 3.63) is 34.9 Å². The van der Waals surface area contributed by atoms with Crippen LogP contribution < -0.4 is 18.9 Å². The highest BCUT2D eigenvalue weighted by Crippen LogP contribution is 2.54. The average molecular weight is 553 g/mol. The van der Waals surface area contributed by atoms with E-state index in [2.05, 4.69) is 0 Å². The third kappa shape index (κ3) is 5.28. The van der Waals surface area contributed by atoms with Gasteiger partial charge in [-0.05, 0) is 47.6 Å². The molecule has 0 amide bonds. The molecule has 2 aliphatic rings. The van der Waals surface area contributed by atoms with Crippen molar-refractivity contribution in [2.45, 2.75) is 36.9 Å². The summed E-state index contributed by atoms with van der Waals surface area (Å²) in [7, 11) is 5.66. The standard InChI is InChI=1S/C27H36O12/c1-34-17-7-13(8-18(35-2)23(17)31)20-15(10-38-27-25(33)22(30)16(29)11-39-27)14(9-28)5-12-6-19(36-3)24(32)26(37-4)21(12)20/h6-8,14-16,20,22,25,27-33H,5,9-11H2,1-4H3/t14-,15+,16-,20-,22-,25-,27+/m1/s1. The van der Waals surface area contributed by atoms with Gasteiger partial charge in [0.25, 0.3) is 0 Å². The molecule has 12 heteroatoms. The van der Waals surface area contributed by atoms with Gasteiger partial charge in [0.15, 0.2) is 29.3 Å². The van der Waals surface area contributed by atoms with Crippen LogP contribution in [0, 0.1) is 11.8 Å². The van der Waals surface area contributed by atoms with Crippen LogP contribution in [0.2, 0.25) is 0 Å². The average Bonchev–Trinajstić information content (AvgIpc) is 2.94. The predicted molar refractivity (Wildman–Crippen MR) is 136 cm³/mol. The fraction of sp³-hybridized carbons (Fsp3) is 0.556. The number of fused-ring (bicyclic) bond motifs is 1. The van der Waals surface area contributed by atoms with Gasteiger partial charge < -0.3 is 59.1 Å². The summed E-state index contributed by atoms with van der Waals surface area (Å²) >= 11 is 0. The van der Waals surface area contributed by atoms with Crippen LogP contribution in [0.5, 0.6) is 34.5 Å². The molecule has 0 saturated carbocycles. The molecule has 0 bridgehead atoms. The van der Waals surface area contributed by atoms with Crippen molar-refractivity contribution < 1.29 is 59.1 Å². The highest BCUT2D eigenvalue weighted by molar-refractivity contribution is 5.64. The molecule has 0 unspecified atom stereocenters.